The lowest BCUT2D eigenvalue weighted by Gasteiger charge is -2.15. The van der Waals surface area contributed by atoms with Crippen molar-refractivity contribution >= 4 is 30.0 Å². The van der Waals surface area contributed by atoms with Crippen LogP contribution < -0.4 is 5.56 Å². The number of rotatable bonds is 8. The van der Waals surface area contributed by atoms with Crippen LogP contribution in [0, 0.1) is 0 Å². The number of hydrogen-bond acceptors (Lipinski definition) is 5. The highest BCUT2D eigenvalue weighted by Crippen LogP contribution is 2.45. The smallest absolute Gasteiger partial charge is 0.324 e. The van der Waals surface area contributed by atoms with E-state index in [1.807, 2.05) is 13.0 Å². The Balaban J connectivity index is 1.61. The molecule has 0 bridgehead atoms. The van der Waals surface area contributed by atoms with Gasteiger partial charge in [-0.15, -0.1) is 0 Å². The monoisotopic (exact) mass is 467 g/mol. The molecule has 4 rings (SSSR count). The first-order valence-electron chi connectivity index (χ1n) is 11.1. The topological polar surface area (TPSA) is 122 Å². The third kappa shape index (κ3) is 4.34. The van der Waals surface area contributed by atoms with Gasteiger partial charge in [0.1, 0.15) is 0 Å². The standard InChI is InChI=1S/C24H26N3O5P/c1-3-15(8-5-6-9-17(4-2)33(30,31)32)16-11-12-20-19(14-16)21(28)23-26-22-18(10-7-13-25-22)24(29)27(20)23/h7-8,10-14,17H,3-6,9H2,1-2H3,(H2,30,31,32). The molecule has 3 aromatic rings. The summed E-state index contributed by atoms with van der Waals surface area (Å²) in [6.45, 7) is 3.81. The summed E-state index contributed by atoms with van der Waals surface area (Å²) in [6.07, 6.45) is 6.59. The molecule has 1 unspecified atom stereocenters. The van der Waals surface area contributed by atoms with E-state index in [4.69, 9.17) is 0 Å². The Morgan fingerprint density at radius 1 is 1.21 bits per heavy atom. The minimum atomic E-state index is -4.07. The molecule has 0 saturated carbocycles. The highest BCUT2D eigenvalue weighted by atomic mass is 31.2. The predicted molar refractivity (Wildman–Crippen MR) is 127 cm³/mol. The molecule has 0 radical (unpaired) electrons. The minimum absolute atomic E-state index is 0.0726. The van der Waals surface area contributed by atoms with Crippen molar-refractivity contribution in [3.63, 3.8) is 0 Å². The largest absolute Gasteiger partial charge is 0.328 e. The van der Waals surface area contributed by atoms with Crippen molar-refractivity contribution in [2.45, 2.75) is 51.6 Å². The number of aromatic nitrogens is 3. The predicted octanol–water partition coefficient (Wildman–Crippen LogP) is 4.25. The zero-order chi connectivity index (χ0) is 23.8. The van der Waals surface area contributed by atoms with Gasteiger partial charge in [0.25, 0.3) is 5.56 Å². The van der Waals surface area contributed by atoms with Crippen LogP contribution in [0.4, 0.5) is 0 Å². The van der Waals surface area contributed by atoms with E-state index in [1.165, 1.54) is 10.8 Å². The highest BCUT2D eigenvalue weighted by Gasteiger charge is 2.31. The quantitative estimate of drug-likeness (QED) is 0.293. The number of ketones is 1. The number of hydrogen-bond donors (Lipinski definition) is 2. The van der Waals surface area contributed by atoms with Crippen LogP contribution in [0.1, 0.15) is 67.7 Å². The molecule has 33 heavy (non-hydrogen) atoms. The molecular formula is C24H26N3O5P. The second-order valence-electron chi connectivity index (χ2n) is 8.18. The summed E-state index contributed by atoms with van der Waals surface area (Å²) >= 11 is 0. The van der Waals surface area contributed by atoms with Crippen LogP contribution in [-0.4, -0.2) is 35.8 Å². The molecule has 9 heteroatoms. The average Bonchev–Trinajstić information content (AvgIpc) is 3.07. The molecule has 172 valence electrons. The maximum absolute atomic E-state index is 13.1. The lowest BCUT2D eigenvalue weighted by atomic mass is 9.97. The number of unbranched alkanes of at least 4 members (excludes halogenated alkanes) is 1. The molecule has 0 amide bonds. The fourth-order valence-corrected chi connectivity index (χ4v) is 5.33. The number of pyridine rings is 1. The fraction of sp³-hybridized carbons (Fsp3) is 0.333. The van der Waals surface area contributed by atoms with Gasteiger partial charge in [-0.3, -0.25) is 18.7 Å². The van der Waals surface area contributed by atoms with Gasteiger partial charge in [0, 0.05) is 6.20 Å². The molecule has 0 spiro atoms. The van der Waals surface area contributed by atoms with Crippen molar-refractivity contribution in [2.24, 2.45) is 0 Å². The van der Waals surface area contributed by atoms with Gasteiger partial charge < -0.3 is 9.79 Å². The molecule has 0 saturated heterocycles. The number of nitrogens with zero attached hydrogens (tertiary/aromatic N) is 3. The van der Waals surface area contributed by atoms with Gasteiger partial charge in [-0.1, -0.05) is 26.0 Å². The summed E-state index contributed by atoms with van der Waals surface area (Å²) < 4.78 is 12.9. The maximum atomic E-state index is 13.1. The van der Waals surface area contributed by atoms with E-state index in [9.17, 15) is 23.9 Å². The first kappa shape index (κ1) is 23.2. The van der Waals surface area contributed by atoms with Crippen LogP contribution in [0.15, 0.2) is 47.4 Å². The first-order valence-corrected chi connectivity index (χ1v) is 12.8. The molecule has 1 aromatic carbocycles. The molecular weight excluding hydrogens is 441 g/mol. The van der Waals surface area contributed by atoms with Crippen LogP contribution in [0.3, 0.4) is 0 Å². The maximum Gasteiger partial charge on any atom is 0.328 e. The van der Waals surface area contributed by atoms with E-state index in [0.29, 0.717) is 42.3 Å². The molecule has 1 atom stereocenters. The normalized spacial score (nSPS) is 14.4. The SMILES string of the molecule is CCC(=CCCCC(CC)P(=O)(O)O)c1ccc2c(c1)C(=O)c1nc3ncccc3c(=O)n1-2. The Morgan fingerprint density at radius 2 is 2.00 bits per heavy atom. The molecule has 8 nitrogen and oxygen atoms in total. The number of fused-ring (bicyclic) bond motifs is 4. The molecule has 1 aliphatic heterocycles. The van der Waals surface area contributed by atoms with Crippen LogP contribution in [0.5, 0.6) is 0 Å². The third-order valence-electron chi connectivity index (χ3n) is 6.16. The van der Waals surface area contributed by atoms with Crippen LogP contribution in [-0.2, 0) is 4.57 Å². The van der Waals surface area contributed by atoms with Crippen molar-refractivity contribution in [1.82, 2.24) is 14.5 Å². The Morgan fingerprint density at radius 3 is 2.70 bits per heavy atom. The van der Waals surface area contributed by atoms with Crippen molar-refractivity contribution in [3.05, 3.63) is 69.9 Å². The summed E-state index contributed by atoms with van der Waals surface area (Å²) in [5, 5.41) is 0.362. The zero-order valence-corrected chi connectivity index (χ0v) is 19.5. The average molecular weight is 467 g/mol. The summed E-state index contributed by atoms with van der Waals surface area (Å²) in [4.78, 5) is 53.3. The Labute approximate surface area is 191 Å². The summed E-state index contributed by atoms with van der Waals surface area (Å²) in [7, 11) is -4.07. The summed E-state index contributed by atoms with van der Waals surface area (Å²) in [6, 6.07) is 8.77. The molecule has 3 heterocycles. The van der Waals surface area contributed by atoms with Gasteiger partial charge >= 0.3 is 7.60 Å². The minimum Gasteiger partial charge on any atom is -0.324 e. The lowest BCUT2D eigenvalue weighted by Crippen LogP contribution is -2.21. The van der Waals surface area contributed by atoms with Crippen LogP contribution in [0.25, 0.3) is 22.3 Å². The van der Waals surface area contributed by atoms with E-state index in [1.54, 1.807) is 31.2 Å². The van der Waals surface area contributed by atoms with Crippen molar-refractivity contribution < 1.29 is 19.1 Å². The van der Waals surface area contributed by atoms with Crippen molar-refractivity contribution in [1.29, 1.82) is 0 Å². The lowest BCUT2D eigenvalue weighted by molar-refractivity contribution is 0.103. The number of carbonyl (C=O) groups is 1. The van der Waals surface area contributed by atoms with Gasteiger partial charge in [-0.2, -0.15) is 0 Å². The molecule has 2 N–H and O–H groups in total. The molecule has 0 aliphatic carbocycles. The van der Waals surface area contributed by atoms with E-state index in [-0.39, 0.29) is 22.8 Å². The molecule has 1 aliphatic rings. The van der Waals surface area contributed by atoms with Gasteiger partial charge in [-0.05, 0) is 67.5 Å². The van der Waals surface area contributed by atoms with E-state index in [0.717, 1.165) is 17.6 Å². The van der Waals surface area contributed by atoms with Gasteiger partial charge in [0.15, 0.2) is 11.5 Å². The fourth-order valence-electron chi connectivity index (χ4n) is 4.34. The third-order valence-corrected chi connectivity index (χ3v) is 7.73. The Bertz CT molecular complexity index is 1370. The van der Waals surface area contributed by atoms with E-state index in [2.05, 4.69) is 16.0 Å². The number of allylic oxidation sites excluding steroid dienone is 2. The highest BCUT2D eigenvalue weighted by molar-refractivity contribution is 7.52. The molecule has 2 aromatic heterocycles. The number of carbonyl (C=O) groups excluding carboxylic acids is 1. The van der Waals surface area contributed by atoms with E-state index >= 15 is 0 Å². The van der Waals surface area contributed by atoms with Gasteiger partial charge in [-0.25, -0.2) is 9.97 Å². The van der Waals surface area contributed by atoms with Gasteiger partial charge in [0.2, 0.25) is 5.78 Å². The Hall–Kier alpha value is -2.93. The van der Waals surface area contributed by atoms with Crippen LogP contribution >= 0.6 is 7.60 Å². The summed E-state index contributed by atoms with van der Waals surface area (Å²) in [5.41, 5.74) is 2.20. The second kappa shape index (κ2) is 9.14. The van der Waals surface area contributed by atoms with Crippen molar-refractivity contribution in [2.75, 3.05) is 0 Å². The zero-order valence-electron chi connectivity index (χ0n) is 18.6. The van der Waals surface area contributed by atoms with E-state index < -0.39 is 13.3 Å². The summed E-state index contributed by atoms with van der Waals surface area (Å²) in [5.74, 6) is -0.234. The van der Waals surface area contributed by atoms with Crippen LogP contribution in [0.2, 0.25) is 0 Å². The van der Waals surface area contributed by atoms with Crippen molar-refractivity contribution in [3.8, 4) is 5.69 Å². The van der Waals surface area contributed by atoms with Gasteiger partial charge in [0.05, 0.1) is 22.3 Å². The second-order valence-corrected chi connectivity index (χ2v) is 10.1. The first-order chi connectivity index (χ1) is 15.8. The molecule has 0 fully saturated rings. The number of benzene rings is 1. The Kier molecular flexibility index (Phi) is 6.43.